The smallest absolute Gasteiger partial charge is 0.328 e. The molecule has 0 aliphatic carbocycles. The molecule has 1 aliphatic heterocycles. The standard InChI is InChI=1S/C22H14ClNO4S/c23-17-12-6-7-13-18(17)29-19(14-8-2-1-3-9-14)22(27)28-24-20(25)15-10-4-5-11-16(15)21(24)26/h1-13,19H. The van der Waals surface area contributed by atoms with Gasteiger partial charge in [0.15, 0.2) is 0 Å². The fraction of sp³-hybridized carbons (Fsp3) is 0.0455. The minimum Gasteiger partial charge on any atom is -0.328 e. The summed E-state index contributed by atoms with van der Waals surface area (Å²) >= 11 is 7.44. The lowest BCUT2D eigenvalue weighted by atomic mass is 10.1. The first-order valence-electron chi connectivity index (χ1n) is 8.72. The molecule has 0 N–H and O–H groups in total. The van der Waals surface area contributed by atoms with Crippen LogP contribution in [0, 0.1) is 0 Å². The molecule has 0 aromatic heterocycles. The summed E-state index contributed by atoms with van der Waals surface area (Å²) in [6.45, 7) is 0. The predicted octanol–water partition coefficient (Wildman–Crippen LogP) is 4.93. The zero-order valence-corrected chi connectivity index (χ0v) is 16.5. The van der Waals surface area contributed by atoms with Crippen molar-refractivity contribution in [3.63, 3.8) is 0 Å². The molecule has 1 unspecified atom stereocenters. The molecule has 2 amide bonds. The topological polar surface area (TPSA) is 63.7 Å². The molecule has 1 aliphatic rings. The first-order chi connectivity index (χ1) is 14.1. The van der Waals surface area contributed by atoms with Crippen molar-refractivity contribution in [3.8, 4) is 0 Å². The highest BCUT2D eigenvalue weighted by atomic mass is 35.5. The van der Waals surface area contributed by atoms with E-state index in [-0.39, 0.29) is 11.1 Å². The molecule has 0 spiro atoms. The van der Waals surface area contributed by atoms with E-state index in [2.05, 4.69) is 0 Å². The van der Waals surface area contributed by atoms with Crippen molar-refractivity contribution in [2.75, 3.05) is 0 Å². The Morgan fingerprint density at radius 2 is 1.38 bits per heavy atom. The average molecular weight is 424 g/mol. The number of hydroxylamine groups is 2. The number of hydrogen-bond donors (Lipinski definition) is 0. The monoisotopic (exact) mass is 423 g/mol. The number of rotatable bonds is 5. The van der Waals surface area contributed by atoms with Gasteiger partial charge in [0.05, 0.1) is 16.1 Å². The van der Waals surface area contributed by atoms with Crippen LogP contribution in [0.3, 0.4) is 0 Å². The second-order valence-electron chi connectivity index (χ2n) is 6.20. The van der Waals surface area contributed by atoms with E-state index in [1.807, 2.05) is 12.1 Å². The zero-order chi connectivity index (χ0) is 20.4. The number of fused-ring (bicyclic) bond motifs is 1. The molecule has 29 heavy (non-hydrogen) atoms. The minimum atomic E-state index is -0.819. The zero-order valence-electron chi connectivity index (χ0n) is 14.9. The lowest BCUT2D eigenvalue weighted by molar-refractivity contribution is -0.167. The van der Waals surface area contributed by atoms with E-state index in [1.54, 1.807) is 54.6 Å². The fourth-order valence-electron chi connectivity index (χ4n) is 2.94. The van der Waals surface area contributed by atoms with Gasteiger partial charge in [0, 0.05) is 4.90 Å². The molecule has 1 heterocycles. The van der Waals surface area contributed by atoms with Crippen LogP contribution in [-0.2, 0) is 9.63 Å². The minimum absolute atomic E-state index is 0.209. The Labute approximate surface area is 176 Å². The summed E-state index contributed by atoms with van der Waals surface area (Å²) in [5.41, 5.74) is 1.08. The third-order valence-electron chi connectivity index (χ3n) is 4.34. The number of imide groups is 1. The summed E-state index contributed by atoms with van der Waals surface area (Å²) in [5, 5.41) is 0.197. The normalized spacial score (nSPS) is 13.9. The molecule has 3 aromatic carbocycles. The van der Waals surface area contributed by atoms with Gasteiger partial charge in [-0.25, -0.2) is 4.79 Å². The third-order valence-corrected chi connectivity index (χ3v) is 6.09. The van der Waals surface area contributed by atoms with Gasteiger partial charge in [0.25, 0.3) is 11.8 Å². The molecule has 1 atom stereocenters. The van der Waals surface area contributed by atoms with Crippen LogP contribution in [-0.4, -0.2) is 22.8 Å². The van der Waals surface area contributed by atoms with E-state index in [9.17, 15) is 14.4 Å². The van der Waals surface area contributed by atoms with Crippen molar-refractivity contribution in [1.82, 2.24) is 5.06 Å². The number of halogens is 1. The highest BCUT2D eigenvalue weighted by Gasteiger charge is 2.40. The maximum Gasteiger partial charge on any atom is 0.350 e. The summed E-state index contributed by atoms with van der Waals surface area (Å²) in [6, 6.07) is 22.4. The van der Waals surface area contributed by atoms with Gasteiger partial charge in [0.1, 0.15) is 5.25 Å². The lowest BCUT2D eigenvalue weighted by Gasteiger charge is -2.19. The summed E-state index contributed by atoms with van der Waals surface area (Å²) < 4.78 is 0. The van der Waals surface area contributed by atoms with Crippen molar-refractivity contribution >= 4 is 41.1 Å². The quantitative estimate of drug-likeness (QED) is 0.430. The second-order valence-corrected chi connectivity index (χ2v) is 7.75. The Kier molecular flexibility index (Phi) is 5.38. The largest absolute Gasteiger partial charge is 0.350 e. The van der Waals surface area contributed by atoms with Gasteiger partial charge in [-0.1, -0.05) is 71.3 Å². The van der Waals surface area contributed by atoms with Gasteiger partial charge in [-0.05, 0) is 29.8 Å². The lowest BCUT2D eigenvalue weighted by Crippen LogP contribution is -2.34. The number of amides is 2. The molecular weight excluding hydrogens is 410 g/mol. The first kappa shape index (κ1) is 19.2. The third kappa shape index (κ3) is 3.77. The maximum atomic E-state index is 13.0. The van der Waals surface area contributed by atoms with Crippen LogP contribution in [0.2, 0.25) is 5.02 Å². The number of benzene rings is 3. The number of hydrogen-bond acceptors (Lipinski definition) is 5. The summed E-state index contributed by atoms with van der Waals surface area (Å²) in [4.78, 5) is 44.0. The van der Waals surface area contributed by atoms with Crippen LogP contribution in [0.5, 0.6) is 0 Å². The van der Waals surface area contributed by atoms with Crippen molar-refractivity contribution in [1.29, 1.82) is 0 Å². The Morgan fingerprint density at radius 1 is 0.828 bits per heavy atom. The number of nitrogens with zero attached hydrogens (tertiary/aromatic N) is 1. The number of carbonyl (C=O) groups is 3. The highest BCUT2D eigenvalue weighted by Crippen LogP contribution is 2.40. The fourth-order valence-corrected chi connectivity index (χ4v) is 4.23. The van der Waals surface area contributed by atoms with E-state index in [0.717, 1.165) is 0 Å². The maximum absolute atomic E-state index is 13.0. The Bertz CT molecular complexity index is 1070. The van der Waals surface area contributed by atoms with Crippen LogP contribution in [0.4, 0.5) is 0 Å². The van der Waals surface area contributed by atoms with E-state index in [1.165, 1.54) is 23.9 Å². The molecular formula is C22H14ClNO4S. The molecule has 0 fully saturated rings. The van der Waals surface area contributed by atoms with Crippen LogP contribution < -0.4 is 0 Å². The number of carbonyl (C=O) groups excluding carboxylic acids is 3. The predicted molar refractivity (Wildman–Crippen MR) is 110 cm³/mol. The van der Waals surface area contributed by atoms with E-state index >= 15 is 0 Å². The van der Waals surface area contributed by atoms with Crippen LogP contribution in [0.25, 0.3) is 0 Å². The Balaban J connectivity index is 1.62. The second kappa shape index (κ2) is 8.11. The molecule has 0 saturated carbocycles. The van der Waals surface area contributed by atoms with Gasteiger partial charge >= 0.3 is 5.97 Å². The number of thioether (sulfide) groups is 1. The van der Waals surface area contributed by atoms with E-state index in [4.69, 9.17) is 16.4 Å². The molecule has 7 heteroatoms. The summed E-state index contributed by atoms with van der Waals surface area (Å²) in [7, 11) is 0. The van der Waals surface area contributed by atoms with Crippen LogP contribution in [0.15, 0.2) is 83.8 Å². The summed E-state index contributed by atoms with van der Waals surface area (Å²) in [5.74, 6) is -2.06. The van der Waals surface area contributed by atoms with Gasteiger partial charge in [-0.15, -0.1) is 11.8 Å². The molecule has 144 valence electrons. The van der Waals surface area contributed by atoms with Gasteiger partial charge in [-0.2, -0.15) is 0 Å². The molecule has 3 aromatic rings. The first-order valence-corrected chi connectivity index (χ1v) is 9.98. The van der Waals surface area contributed by atoms with Crippen molar-refractivity contribution in [2.45, 2.75) is 10.1 Å². The average Bonchev–Trinajstić information content (AvgIpc) is 2.99. The molecule has 0 radical (unpaired) electrons. The SMILES string of the molecule is O=C(ON1C(=O)c2ccccc2C1=O)C(Sc1ccccc1Cl)c1ccccc1. The van der Waals surface area contributed by atoms with Gasteiger partial charge in [0.2, 0.25) is 0 Å². The molecule has 0 saturated heterocycles. The summed E-state index contributed by atoms with van der Waals surface area (Å²) in [6.07, 6.45) is 0. The van der Waals surface area contributed by atoms with Gasteiger partial charge in [-0.3, -0.25) is 9.59 Å². The van der Waals surface area contributed by atoms with Crippen LogP contribution >= 0.6 is 23.4 Å². The van der Waals surface area contributed by atoms with Gasteiger partial charge < -0.3 is 4.84 Å². The molecule has 5 nitrogen and oxygen atoms in total. The van der Waals surface area contributed by atoms with E-state index < -0.39 is 23.0 Å². The molecule has 0 bridgehead atoms. The molecule has 4 rings (SSSR count). The van der Waals surface area contributed by atoms with Crippen molar-refractivity contribution in [2.24, 2.45) is 0 Å². The van der Waals surface area contributed by atoms with E-state index in [0.29, 0.717) is 20.5 Å². The van der Waals surface area contributed by atoms with Crippen molar-refractivity contribution < 1.29 is 19.2 Å². The highest BCUT2D eigenvalue weighted by molar-refractivity contribution is 8.00. The van der Waals surface area contributed by atoms with Crippen molar-refractivity contribution in [3.05, 3.63) is 101 Å². The van der Waals surface area contributed by atoms with Crippen LogP contribution in [0.1, 0.15) is 31.5 Å². The Morgan fingerprint density at radius 3 is 2.00 bits per heavy atom. The Hall–Kier alpha value is -3.09.